The largest absolute Gasteiger partial charge is 0.396 e. The zero-order chi connectivity index (χ0) is 13.7. The highest BCUT2D eigenvalue weighted by atomic mass is 16.3. The van der Waals surface area contributed by atoms with Crippen molar-refractivity contribution in [1.29, 1.82) is 0 Å². The molecule has 6 nitrogen and oxygen atoms in total. The number of aliphatic hydroxyl groups is 1. The minimum Gasteiger partial charge on any atom is -0.396 e. The number of hydrogen-bond donors (Lipinski definition) is 2. The summed E-state index contributed by atoms with van der Waals surface area (Å²) in [6.45, 7) is 3.36. The maximum absolute atomic E-state index is 11.8. The van der Waals surface area contributed by atoms with Gasteiger partial charge >= 0.3 is 5.69 Å². The second-order valence-corrected chi connectivity index (χ2v) is 4.66. The molecule has 0 saturated carbocycles. The summed E-state index contributed by atoms with van der Waals surface area (Å²) >= 11 is 0. The van der Waals surface area contributed by atoms with Crippen LogP contribution in [0, 0.1) is 5.92 Å². The summed E-state index contributed by atoms with van der Waals surface area (Å²) in [4.78, 5) is 23.3. The Balaban J connectivity index is 2.69. The summed E-state index contributed by atoms with van der Waals surface area (Å²) < 4.78 is 2.50. The monoisotopic (exact) mass is 255 g/mol. The van der Waals surface area contributed by atoms with E-state index in [1.54, 1.807) is 13.2 Å². The average molecular weight is 255 g/mol. The minimum absolute atomic E-state index is 0.171. The van der Waals surface area contributed by atoms with Gasteiger partial charge < -0.3 is 15.0 Å². The van der Waals surface area contributed by atoms with Gasteiger partial charge in [0.1, 0.15) is 0 Å². The van der Waals surface area contributed by atoms with E-state index >= 15 is 0 Å². The Morgan fingerprint density at radius 2 is 2.06 bits per heavy atom. The second kappa shape index (κ2) is 6.51. The number of nitrogens with one attached hydrogen (secondary N) is 1. The van der Waals surface area contributed by atoms with Gasteiger partial charge in [-0.25, -0.2) is 4.79 Å². The SMILES string of the molecule is CC(CCO)CNCc1cn(C)c(=O)n(C)c1=O. The van der Waals surface area contributed by atoms with Crippen molar-refractivity contribution in [3.05, 3.63) is 32.6 Å². The van der Waals surface area contributed by atoms with Crippen LogP contribution in [-0.4, -0.2) is 27.4 Å². The normalized spacial score (nSPS) is 12.7. The van der Waals surface area contributed by atoms with Gasteiger partial charge in [-0.3, -0.25) is 9.36 Å². The van der Waals surface area contributed by atoms with Crippen molar-refractivity contribution >= 4 is 0 Å². The van der Waals surface area contributed by atoms with E-state index in [9.17, 15) is 9.59 Å². The van der Waals surface area contributed by atoms with Crippen LogP contribution in [-0.2, 0) is 20.6 Å². The molecule has 1 heterocycles. The van der Waals surface area contributed by atoms with Crippen molar-refractivity contribution in [3.63, 3.8) is 0 Å². The summed E-state index contributed by atoms with van der Waals surface area (Å²) in [7, 11) is 3.10. The topological polar surface area (TPSA) is 76.3 Å². The van der Waals surface area contributed by atoms with Gasteiger partial charge in [-0.2, -0.15) is 0 Å². The highest BCUT2D eigenvalue weighted by molar-refractivity contribution is 5.05. The smallest absolute Gasteiger partial charge is 0.330 e. The van der Waals surface area contributed by atoms with Gasteiger partial charge in [0.25, 0.3) is 5.56 Å². The van der Waals surface area contributed by atoms with Crippen LogP contribution >= 0.6 is 0 Å². The van der Waals surface area contributed by atoms with Gasteiger partial charge in [0.15, 0.2) is 0 Å². The maximum Gasteiger partial charge on any atom is 0.330 e. The van der Waals surface area contributed by atoms with Gasteiger partial charge in [0.05, 0.1) is 0 Å². The Hall–Kier alpha value is -1.40. The third-order valence-electron chi connectivity index (χ3n) is 2.95. The third kappa shape index (κ3) is 3.54. The molecule has 6 heteroatoms. The van der Waals surface area contributed by atoms with Crippen molar-refractivity contribution in [3.8, 4) is 0 Å². The quantitative estimate of drug-likeness (QED) is 0.697. The lowest BCUT2D eigenvalue weighted by Gasteiger charge is -2.11. The fourth-order valence-electron chi connectivity index (χ4n) is 1.78. The van der Waals surface area contributed by atoms with Crippen LogP contribution < -0.4 is 16.6 Å². The van der Waals surface area contributed by atoms with Crippen LogP contribution in [0.15, 0.2) is 15.8 Å². The number of rotatable bonds is 6. The van der Waals surface area contributed by atoms with E-state index in [2.05, 4.69) is 5.32 Å². The lowest BCUT2D eigenvalue weighted by Crippen LogP contribution is -2.39. The summed E-state index contributed by atoms with van der Waals surface area (Å²) in [6.07, 6.45) is 2.30. The Morgan fingerprint density at radius 1 is 1.39 bits per heavy atom. The summed E-state index contributed by atoms with van der Waals surface area (Å²) in [5.41, 5.74) is -0.0198. The third-order valence-corrected chi connectivity index (χ3v) is 2.95. The molecule has 1 rings (SSSR count). The molecule has 0 saturated heterocycles. The Bertz CT molecular complexity index is 504. The van der Waals surface area contributed by atoms with E-state index in [0.717, 1.165) is 17.5 Å². The highest BCUT2D eigenvalue weighted by Crippen LogP contribution is 1.98. The highest BCUT2D eigenvalue weighted by Gasteiger charge is 2.07. The molecule has 0 aliphatic carbocycles. The number of hydrogen-bond acceptors (Lipinski definition) is 4. The first-order valence-corrected chi connectivity index (χ1v) is 6.04. The van der Waals surface area contributed by atoms with Crippen molar-refractivity contribution in [2.45, 2.75) is 19.9 Å². The molecule has 1 aromatic rings. The van der Waals surface area contributed by atoms with E-state index in [-0.39, 0.29) is 17.9 Å². The molecular formula is C12H21N3O3. The van der Waals surface area contributed by atoms with Crippen LogP contribution in [0.3, 0.4) is 0 Å². The minimum atomic E-state index is -0.322. The fraction of sp³-hybridized carbons (Fsp3) is 0.667. The predicted octanol–water partition coefficient (Wildman–Crippen LogP) is -0.808. The lowest BCUT2D eigenvalue weighted by molar-refractivity contribution is 0.260. The molecule has 0 spiro atoms. The summed E-state index contributed by atoms with van der Waals surface area (Å²) in [5.74, 6) is 0.353. The van der Waals surface area contributed by atoms with Gasteiger partial charge in [-0.15, -0.1) is 0 Å². The fourth-order valence-corrected chi connectivity index (χ4v) is 1.78. The standard InChI is InChI=1S/C12H21N3O3/c1-9(4-5-16)6-13-7-10-8-14(2)12(18)15(3)11(10)17/h8-9,13,16H,4-7H2,1-3H3. The maximum atomic E-state index is 11.8. The van der Waals surface area contributed by atoms with Crippen molar-refractivity contribution < 1.29 is 5.11 Å². The molecule has 18 heavy (non-hydrogen) atoms. The van der Waals surface area contributed by atoms with Crippen molar-refractivity contribution in [1.82, 2.24) is 14.5 Å². The van der Waals surface area contributed by atoms with Gasteiger partial charge in [0, 0.05) is 39.0 Å². The molecule has 1 unspecified atom stereocenters. The molecule has 0 radical (unpaired) electrons. The lowest BCUT2D eigenvalue weighted by atomic mass is 10.1. The molecule has 1 atom stereocenters. The van der Waals surface area contributed by atoms with Crippen LogP contribution in [0.4, 0.5) is 0 Å². The van der Waals surface area contributed by atoms with Gasteiger partial charge in [0.2, 0.25) is 0 Å². The van der Waals surface area contributed by atoms with E-state index < -0.39 is 0 Å². The zero-order valence-electron chi connectivity index (χ0n) is 11.1. The Kier molecular flexibility index (Phi) is 5.30. The van der Waals surface area contributed by atoms with Crippen molar-refractivity contribution in [2.24, 2.45) is 20.0 Å². The molecule has 0 aliphatic rings. The first-order valence-electron chi connectivity index (χ1n) is 6.04. The van der Waals surface area contributed by atoms with E-state index in [0.29, 0.717) is 18.0 Å². The number of nitrogens with zero attached hydrogens (tertiary/aromatic N) is 2. The average Bonchev–Trinajstić information content (AvgIpc) is 2.33. The van der Waals surface area contributed by atoms with E-state index in [4.69, 9.17) is 5.11 Å². The summed E-state index contributed by atoms with van der Waals surface area (Å²) in [6, 6.07) is 0. The van der Waals surface area contributed by atoms with Gasteiger partial charge in [-0.1, -0.05) is 6.92 Å². The first-order chi connectivity index (χ1) is 8.47. The molecule has 0 amide bonds. The molecule has 2 N–H and O–H groups in total. The molecule has 0 fully saturated rings. The van der Waals surface area contributed by atoms with E-state index in [1.807, 2.05) is 6.92 Å². The Labute approximate surface area is 106 Å². The second-order valence-electron chi connectivity index (χ2n) is 4.66. The van der Waals surface area contributed by atoms with Crippen LogP contribution in [0.2, 0.25) is 0 Å². The number of aromatic nitrogens is 2. The molecule has 1 aromatic heterocycles. The Morgan fingerprint density at radius 3 is 2.67 bits per heavy atom. The first kappa shape index (κ1) is 14.7. The summed E-state index contributed by atoms with van der Waals surface area (Å²) in [5, 5.41) is 11.9. The van der Waals surface area contributed by atoms with Crippen molar-refractivity contribution in [2.75, 3.05) is 13.2 Å². The predicted molar refractivity (Wildman–Crippen MR) is 69.5 cm³/mol. The van der Waals surface area contributed by atoms with Gasteiger partial charge in [-0.05, 0) is 18.9 Å². The van der Waals surface area contributed by atoms with Crippen LogP contribution in [0.25, 0.3) is 0 Å². The molecule has 102 valence electrons. The van der Waals surface area contributed by atoms with Crippen LogP contribution in [0.1, 0.15) is 18.9 Å². The molecule has 0 aromatic carbocycles. The van der Waals surface area contributed by atoms with Crippen LogP contribution in [0.5, 0.6) is 0 Å². The number of aryl methyl sites for hydroxylation is 1. The molecule has 0 aliphatic heterocycles. The zero-order valence-corrected chi connectivity index (χ0v) is 11.1. The molecular weight excluding hydrogens is 234 g/mol. The number of aliphatic hydroxyl groups excluding tert-OH is 1. The van der Waals surface area contributed by atoms with E-state index in [1.165, 1.54) is 11.6 Å². The molecule has 0 bridgehead atoms.